The zero-order valence-electron chi connectivity index (χ0n) is 12.7. The molecule has 4 rings (SSSR count). The van der Waals surface area contributed by atoms with Gasteiger partial charge in [-0.3, -0.25) is 14.5 Å². The summed E-state index contributed by atoms with van der Waals surface area (Å²) < 4.78 is 2.86. The second-order valence-corrected chi connectivity index (χ2v) is 6.63. The van der Waals surface area contributed by atoms with Gasteiger partial charge in [0.1, 0.15) is 5.82 Å². The molecular weight excluding hydrogens is 372 g/mol. The van der Waals surface area contributed by atoms with E-state index in [9.17, 15) is 4.79 Å². The molecule has 0 saturated carbocycles. The van der Waals surface area contributed by atoms with Gasteiger partial charge >= 0.3 is 0 Å². The lowest BCUT2D eigenvalue weighted by atomic mass is 10.1. The van der Waals surface area contributed by atoms with Crippen LogP contribution in [0.3, 0.4) is 0 Å². The molecule has 1 atom stereocenters. The Bertz CT molecular complexity index is 898. The Labute approximate surface area is 146 Å². The topological polar surface area (TPSA) is 84.7 Å². The number of rotatable bonds is 3. The monoisotopic (exact) mass is 386 g/mol. The average molecular weight is 387 g/mol. The summed E-state index contributed by atoms with van der Waals surface area (Å²) in [6.45, 7) is 0.616. The van der Waals surface area contributed by atoms with Crippen LogP contribution in [0.2, 0.25) is 0 Å². The molecule has 8 heteroatoms. The van der Waals surface area contributed by atoms with E-state index in [2.05, 4.69) is 41.6 Å². The summed E-state index contributed by atoms with van der Waals surface area (Å²) in [5, 5.41) is 10.5. The van der Waals surface area contributed by atoms with Gasteiger partial charge in [-0.25, -0.2) is 4.98 Å². The van der Waals surface area contributed by atoms with E-state index in [-0.39, 0.29) is 11.9 Å². The highest BCUT2D eigenvalue weighted by Crippen LogP contribution is 2.22. The quantitative estimate of drug-likeness (QED) is 0.722. The third-order valence-corrected chi connectivity index (χ3v) is 4.49. The number of amides is 1. The summed E-state index contributed by atoms with van der Waals surface area (Å²) >= 11 is 3.43. The largest absolute Gasteiger partial charge is 0.354 e. The van der Waals surface area contributed by atoms with Gasteiger partial charge in [0.05, 0.1) is 35.2 Å². The standard InChI is InChI=1S/C16H15BrN6O/c17-10-1-3-13-14(5-10)18-8-15(22-13)21-11-6-20-23(9-11)12-2-4-16(24)19-7-12/h1,3,5-6,8-9,12H,2,4,7H2,(H,19,24)(H,21,22). The van der Waals surface area contributed by atoms with Crippen LogP contribution < -0.4 is 10.6 Å². The maximum absolute atomic E-state index is 11.2. The van der Waals surface area contributed by atoms with E-state index in [4.69, 9.17) is 0 Å². The van der Waals surface area contributed by atoms with Gasteiger partial charge < -0.3 is 10.6 Å². The first kappa shape index (κ1) is 15.1. The van der Waals surface area contributed by atoms with E-state index in [0.29, 0.717) is 18.8 Å². The van der Waals surface area contributed by atoms with Crippen molar-refractivity contribution in [1.29, 1.82) is 0 Å². The molecule has 1 amide bonds. The first-order valence-corrected chi connectivity index (χ1v) is 8.47. The van der Waals surface area contributed by atoms with Crippen molar-refractivity contribution in [2.24, 2.45) is 0 Å². The zero-order valence-corrected chi connectivity index (χ0v) is 14.3. The molecule has 3 heterocycles. The van der Waals surface area contributed by atoms with Crippen molar-refractivity contribution in [1.82, 2.24) is 25.1 Å². The van der Waals surface area contributed by atoms with Gasteiger partial charge in [-0.15, -0.1) is 0 Å². The fourth-order valence-electron chi connectivity index (χ4n) is 2.74. The van der Waals surface area contributed by atoms with Crippen LogP contribution in [0.4, 0.5) is 11.5 Å². The third kappa shape index (κ3) is 3.09. The average Bonchev–Trinajstić information content (AvgIpc) is 3.04. The summed E-state index contributed by atoms with van der Waals surface area (Å²) in [7, 11) is 0. The van der Waals surface area contributed by atoms with Crippen LogP contribution in [0.5, 0.6) is 0 Å². The number of piperidine rings is 1. The number of anilines is 2. The van der Waals surface area contributed by atoms with E-state index >= 15 is 0 Å². The highest BCUT2D eigenvalue weighted by molar-refractivity contribution is 9.10. The molecule has 122 valence electrons. The molecule has 0 aliphatic carbocycles. The predicted octanol–water partition coefficient (Wildman–Crippen LogP) is 2.78. The Morgan fingerprint density at radius 1 is 1.29 bits per heavy atom. The minimum absolute atomic E-state index is 0.106. The zero-order chi connectivity index (χ0) is 16.5. The lowest BCUT2D eigenvalue weighted by Crippen LogP contribution is -2.36. The lowest BCUT2D eigenvalue weighted by Gasteiger charge is -2.22. The smallest absolute Gasteiger partial charge is 0.220 e. The Balaban J connectivity index is 1.51. The van der Waals surface area contributed by atoms with E-state index in [1.807, 2.05) is 29.1 Å². The molecule has 2 N–H and O–H groups in total. The normalized spacial score (nSPS) is 17.7. The van der Waals surface area contributed by atoms with Crippen LogP contribution in [0.15, 0.2) is 41.3 Å². The van der Waals surface area contributed by atoms with E-state index in [1.54, 1.807) is 12.4 Å². The van der Waals surface area contributed by atoms with Crippen LogP contribution in [0.25, 0.3) is 11.0 Å². The lowest BCUT2D eigenvalue weighted by molar-refractivity contribution is -0.122. The number of carbonyl (C=O) groups is 1. The number of nitrogens with one attached hydrogen (secondary N) is 2. The van der Waals surface area contributed by atoms with Gasteiger partial charge in [0.25, 0.3) is 0 Å². The van der Waals surface area contributed by atoms with Gasteiger partial charge in [-0.2, -0.15) is 5.10 Å². The molecule has 2 aromatic heterocycles. The molecule has 1 fully saturated rings. The highest BCUT2D eigenvalue weighted by Gasteiger charge is 2.20. The number of carbonyl (C=O) groups excluding carboxylic acids is 1. The minimum Gasteiger partial charge on any atom is -0.354 e. The van der Waals surface area contributed by atoms with Gasteiger partial charge in [-0.05, 0) is 24.6 Å². The third-order valence-electron chi connectivity index (χ3n) is 3.99. The van der Waals surface area contributed by atoms with Crippen molar-refractivity contribution in [2.45, 2.75) is 18.9 Å². The van der Waals surface area contributed by atoms with Crippen molar-refractivity contribution in [3.05, 3.63) is 41.3 Å². The molecule has 0 spiro atoms. The fraction of sp³-hybridized carbons (Fsp3) is 0.250. The molecule has 1 aliphatic rings. The number of aromatic nitrogens is 4. The van der Waals surface area contributed by atoms with E-state index < -0.39 is 0 Å². The molecule has 1 aromatic carbocycles. The SMILES string of the molecule is O=C1CCC(n2cc(Nc3cnc4cc(Br)ccc4n3)cn2)CN1. The van der Waals surface area contributed by atoms with E-state index in [1.165, 1.54) is 0 Å². The summed E-state index contributed by atoms with van der Waals surface area (Å²) in [5.74, 6) is 0.774. The molecule has 1 aliphatic heterocycles. The highest BCUT2D eigenvalue weighted by atomic mass is 79.9. The summed E-state index contributed by atoms with van der Waals surface area (Å²) in [5.41, 5.74) is 2.51. The second-order valence-electron chi connectivity index (χ2n) is 5.72. The number of hydrogen-bond donors (Lipinski definition) is 2. The number of nitrogens with zero attached hydrogens (tertiary/aromatic N) is 4. The van der Waals surface area contributed by atoms with Crippen LogP contribution in [-0.4, -0.2) is 32.2 Å². The van der Waals surface area contributed by atoms with Crippen molar-refractivity contribution in [3.8, 4) is 0 Å². The molecule has 0 radical (unpaired) electrons. The molecule has 7 nitrogen and oxygen atoms in total. The Morgan fingerprint density at radius 3 is 3.04 bits per heavy atom. The molecule has 1 saturated heterocycles. The number of benzene rings is 1. The molecule has 1 unspecified atom stereocenters. The number of hydrogen-bond acceptors (Lipinski definition) is 5. The molecule has 0 bridgehead atoms. The molecule has 3 aromatic rings. The van der Waals surface area contributed by atoms with Crippen molar-refractivity contribution >= 4 is 44.4 Å². The second kappa shape index (κ2) is 6.20. The van der Waals surface area contributed by atoms with Crippen LogP contribution >= 0.6 is 15.9 Å². The van der Waals surface area contributed by atoms with Gasteiger partial charge in [0.2, 0.25) is 5.91 Å². The maximum atomic E-state index is 11.2. The summed E-state index contributed by atoms with van der Waals surface area (Å²) in [6.07, 6.45) is 6.73. The number of halogens is 1. The van der Waals surface area contributed by atoms with Crippen molar-refractivity contribution in [2.75, 3.05) is 11.9 Å². The van der Waals surface area contributed by atoms with Gasteiger partial charge in [-0.1, -0.05) is 15.9 Å². The maximum Gasteiger partial charge on any atom is 0.220 e. The fourth-order valence-corrected chi connectivity index (χ4v) is 3.09. The Hall–Kier alpha value is -2.48. The minimum atomic E-state index is 0.106. The van der Waals surface area contributed by atoms with Crippen LogP contribution in [0.1, 0.15) is 18.9 Å². The first-order valence-electron chi connectivity index (χ1n) is 7.67. The van der Waals surface area contributed by atoms with Gasteiger partial charge in [0.15, 0.2) is 0 Å². The Morgan fingerprint density at radius 2 is 2.21 bits per heavy atom. The molecular formula is C16H15BrN6O. The molecule has 24 heavy (non-hydrogen) atoms. The van der Waals surface area contributed by atoms with Gasteiger partial charge in [0, 0.05) is 23.6 Å². The first-order chi connectivity index (χ1) is 11.7. The summed E-state index contributed by atoms with van der Waals surface area (Å²) in [4.78, 5) is 20.2. The van der Waals surface area contributed by atoms with Crippen molar-refractivity contribution < 1.29 is 4.79 Å². The van der Waals surface area contributed by atoms with E-state index in [0.717, 1.165) is 27.6 Å². The van der Waals surface area contributed by atoms with Crippen LogP contribution in [0, 0.1) is 0 Å². The van der Waals surface area contributed by atoms with Crippen molar-refractivity contribution in [3.63, 3.8) is 0 Å². The number of fused-ring (bicyclic) bond motifs is 1. The predicted molar refractivity (Wildman–Crippen MR) is 94.0 cm³/mol. The Kier molecular flexibility index (Phi) is 3.89. The van der Waals surface area contributed by atoms with Crippen LogP contribution in [-0.2, 0) is 4.79 Å². The summed E-state index contributed by atoms with van der Waals surface area (Å²) in [6, 6.07) is 5.99.